The van der Waals surface area contributed by atoms with Crippen molar-refractivity contribution in [3.63, 3.8) is 0 Å². The third kappa shape index (κ3) is 13.3. The minimum atomic E-state index is -1.32. The Morgan fingerprint density at radius 1 is 0.875 bits per heavy atom. The summed E-state index contributed by atoms with van der Waals surface area (Å²) in [6.07, 6.45) is 9.95. The molecule has 3 heterocycles. The number of ether oxygens (including phenoxy) is 4. The largest absolute Gasteiger partial charge is 0.463 e. The van der Waals surface area contributed by atoms with E-state index in [1.165, 1.54) is 32.4 Å². The average molecular weight is 690 g/mol. The lowest BCUT2D eigenvalue weighted by atomic mass is 10.1. The maximum Gasteiger partial charge on any atom is 0.425 e. The number of piperidine rings is 1. The summed E-state index contributed by atoms with van der Waals surface area (Å²) in [7, 11) is -1.32. The number of anilines is 1. The van der Waals surface area contributed by atoms with Gasteiger partial charge in [-0.15, -0.1) is 0 Å². The number of likely N-dealkylation sites (tertiary alicyclic amines) is 1. The third-order valence-electron chi connectivity index (χ3n) is 7.94. The highest BCUT2D eigenvalue weighted by Gasteiger charge is 2.37. The number of hydrogen-bond donors (Lipinski definition) is 0. The molecule has 2 aromatic rings. The molecule has 1 saturated heterocycles. The first-order valence-corrected chi connectivity index (χ1v) is 21.8. The Morgan fingerprint density at radius 3 is 2.10 bits per heavy atom. The summed E-state index contributed by atoms with van der Waals surface area (Å²) in [5.74, 6) is 0.0557. The Kier molecular flexibility index (Phi) is 14.7. The first-order chi connectivity index (χ1) is 22.5. The van der Waals surface area contributed by atoms with Gasteiger partial charge in [0.2, 0.25) is 0 Å². The van der Waals surface area contributed by atoms with Crippen LogP contribution < -0.4 is 9.64 Å². The highest BCUT2D eigenvalue weighted by Crippen LogP contribution is 2.33. The highest BCUT2D eigenvalue weighted by molar-refractivity contribution is 6.76. The summed E-state index contributed by atoms with van der Waals surface area (Å²) in [6.45, 7) is 24.3. The van der Waals surface area contributed by atoms with Crippen molar-refractivity contribution in [2.45, 2.75) is 150 Å². The fourth-order valence-corrected chi connectivity index (χ4v) is 6.21. The van der Waals surface area contributed by atoms with Crippen LogP contribution in [-0.2, 0) is 27.4 Å². The number of imide groups is 1. The van der Waals surface area contributed by atoms with E-state index in [0.717, 1.165) is 61.6 Å². The van der Waals surface area contributed by atoms with Crippen LogP contribution >= 0.6 is 0 Å². The number of carbonyl (C=O) groups excluding carboxylic acids is 2. The monoisotopic (exact) mass is 689 g/mol. The molecule has 12 heteroatoms. The van der Waals surface area contributed by atoms with Crippen LogP contribution in [0.15, 0.2) is 6.20 Å². The van der Waals surface area contributed by atoms with Crippen molar-refractivity contribution in [1.29, 1.82) is 0 Å². The molecule has 0 N–H and O–H groups in total. The standard InChI is InChI=1S/C36H63N5O6Si/c1-11-12-23-45-32-37-29-28(19-15-13-16-20-39-21-17-14-18-22-39)26-40(27-44-24-25-48(8,9)10)30(29)31(38-32)41(33(42)46-35(2,3)4)34(43)47-36(5,6)7/h26H,11-25,27H2,1-10H3. The molecule has 0 radical (unpaired) electrons. The number of hydrogen-bond acceptors (Lipinski definition) is 9. The molecule has 0 bridgehead atoms. The molecule has 48 heavy (non-hydrogen) atoms. The van der Waals surface area contributed by atoms with Gasteiger partial charge < -0.3 is 28.4 Å². The zero-order chi connectivity index (χ0) is 35.5. The molecule has 1 aliphatic heterocycles. The zero-order valence-corrected chi connectivity index (χ0v) is 32.6. The van der Waals surface area contributed by atoms with Gasteiger partial charge in [0, 0.05) is 20.9 Å². The van der Waals surface area contributed by atoms with Gasteiger partial charge in [0.25, 0.3) is 0 Å². The SMILES string of the molecule is CCCCOc1nc(N(C(=O)OC(C)(C)C)C(=O)OC(C)(C)C)c2c(n1)c(CCCCCN1CCCCC1)cn2COCC[Si](C)(C)C. The Morgan fingerprint density at radius 2 is 1.52 bits per heavy atom. The molecule has 2 amide bonds. The Balaban J connectivity index is 2.07. The summed E-state index contributed by atoms with van der Waals surface area (Å²) in [6, 6.07) is 1.11. The van der Waals surface area contributed by atoms with Crippen LogP contribution in [0.4, 0.5) is 15.4 Å². The molecule has 0 saturated carbocycles. The van der Waals surface area contributed by atoms with E-state index >= 15 is 0 Å². The van der Waals surface area contributed by atoms with Crippen molar-refractivity contribution in [2.75, 3.05) is 37.7 Å². The van der Waals surface area contributed by atoms with Crippen molar-refractivity contribution >= 4 is 37.1 Å². The lowest BCUT2D eigenvalue weighted by Crippen LogP contribution is -2.44. The Hall–Kier alpha value is -2.70. The van der Waals surface area contributed by atoms with Crippen molar-refractivity contribution in [3.05, 3.63) is 11.8 Å². The number of aromatic nitrogens is 3. The quantitative estimate of drug-likeness (QED) is 0.126. The molecule has 11 nitrogen and oxygen atoms in total. The van der Waals surface area contributed by atoms with Gasteiger partial charge in [-0.25, -0.2) is 9.59 Å². The molecule has 0 aromatic carbocycles. The maximum absolute atomic E-state index is 13.8. The number of amides is 2. The van der Waals surface area contributed by atoms with E-state index in [0.29, 0.717) is 24.2 Å². The fraction of sp³-hybridized carbons (Fsp3) is 0.778. The second-order valence-corrected chi connectivity index (χ2v) is 21.8. The zero-order valence-electron chi connectivity index (χ0n) is 31.6. The topological polar surface area (TPSA) is 108 Å². The van der Waals surface area contributed by atoms with Crippen LogP contribution in [0.1, 0.15) is 105 Å². The van der Waals surface area contributed by atoms with E-state index in [1.54, 1.807) is 41.5 Å². The van der Waals surface area contributed by atoms with Crippen LogP contribution in [0.5, 0.6) is 6.01 Å². The molecule has 272 valence electrons. The summed E-state index contributed by atoms with van der Waals surface area (Å²) < 4.78 is 25.6. The van der Waals surface area contributed by atoms with Gasteiger partial charge in [0.1, 0.15) is 29.0 Å². The molecule has 0 spiro atoms. The van der Waals surface area contributed by atoms with Crippen LogP contribution in [0.2, 0.25) is 25.7 Å². The molecule has 3 rings (SSSR count). The molecule has 1 fully saturated rings. The summed E-state index contributed by atoms with van der Waals surface area (Å²) in [5, 5.41) is 0. The van der Waals surface area contributed by atoms with Gasteiger partial charge in [0.05, 0.1) is 6.61 Å². The van der Waals surface area contributed by atoms with Gasteiger partial charge in [-0.3, -0.25) is 0 Å². The van der Waals surface area contributed by atoms with Crippen LogP contribution in [0.3, 0.4) is 0 Å². The van der Waals surface area contributed by atoms with Gasteiger partial charge in [-0.2, -0.15) is 14.9 Å². The number of unbranched alkanes of at least 4 members (excludes halogenated alkanes) is 3. The van der Waals surface area contributed by atoms with Gasteiger partial charge in [0.15, 0.2) is 5.82 Å². The molecular weight excluding hydrogens is 627 g/mol. The van der Waals surface area contributed by atoms with E-state index in [4.69, 9.17) is 28.9 Å². The number of fused-ring (bicyclic) bond motifs is 1. The lowest BCUT2D eigenvalue weighted by Gasteiger charge is -2.28. The first-order valence-electron chi connectivity index (χ1n) is 18.1. The van der Waals surface area contributed by atoms with Gasteiger partial charge >= 0.3 is 18.2 Å². The summed E-state index contributed by atoms with van der Waals surface area (Å²) >= 11 is 0. The Labute approximate surface area is 290 Å². The van der Waals surface area contributed by atoms with Crippen LogP contribution in [0, 0.1) is 0 Å². The van der Waals surface area contributed by atoms with Crippen molar-refractivity contribution < 1.29 is 28.5 Å². The van der Waals surface area contributed by atoms with Crippen molar-refractivity contribution in [3.8, 4) is 6.01 Å². The third-order valence-corrected chi connectivity index (χ3v) is 9.64. The minimum absolute atomic E-state index is 0.0557. The maximum atomic E-state index is 13.8. The highest BCUT2D eigenvalue weighted by atomic mass is 28.3. The van der Waals surface area contributed by atoms with Crippen LogP contribution in [-0.4, -0.2) is 83.7 Å². The van der Waals surface area contributed by atoms with E-state index in [2.05, 4.69) is 31.5 Å². The van der Waals surface area contributed by atoms with E-state index < -0.39 is 31.5 Å². The molecule has 1 aliphatic rings. The first kappa shape index (κ1) is 39.7. The summed E-state index contributed by atoms with van der Waals surface area (Å²) in [5.41, 5.74) is 0.393. The Bertz CT molecular complexity index is 1290. The fourth-order valence-electron chi connectivity index (χ4n) is 5.45. The molecule has 0 aliphatic carbocycles. The van der Waals surface area contributed by atoms with E-state index in [1.807, 2.05) is 10.8 Å². The second-order valence-electron chi connectivity index (χ2n) is 16.2. The van der Waals surface area contributed by atoms with E-state index in [9.17, 15) is 9.59 Å². The number of nitrogens with zero attached hydrogens (tertiary/aromatic N) is 5. The normalized spacial score (nSPS) is 14.7. The van der Waals surface area contributed by atoms with Crippen LogP contribution in [0.25, 0.3) is 11.0 Å². The minimum Gasteiger partial charge on any atom is -0.463 e. The van der Waals surface area contributed by atoms with Gasteiger partial charge in [-0.1, -0.05) is 45.8 Å². The predicted molar refractivity (Wildman–Crippen MR) is 195 cm³/mol. The van der Waals surface area contributed by atoms with Gasteiger partial charge in [-0.05, 0) is 111 Å². The number of rotatable bonds is 16. The molecular formula is C36H63N5O6Si. The van der Waals surface area contributed by atoms with Crippen molar-refractivity contribution in [1.82, 2.24) is 19.4 Å². The predicted octanol–water partition coefficient (Wildman–Crippen LogP) is 8.80. The summed E-state index contributed by atoms with van der Waals surface area (Å²) in [4.78, 5) is 40.7. The second kappa shape index (κ2) is 17.8. The van der Waals surface area contributed by atoms with Crippen molar-refractivity contribution in [2.24, 2.45) is 0 Å². The molecule has 0 atom stereocenters. The number of aryl methyl sites for hydroxylation is 1. The average Bonchev–Trinajstić information content (AvgIpc) is 3.31. The number of carbonyl (C=O) groups is 2. The lowest BCUT2D eigenvalue weighted by molar-refractivity contribution is 0.0428. The smallest absolute Gasteiger partial charge is 0.425 e. The van der Waals surface area contributed by atoms with E-state index in [-0.39, 0.29) is 18.6 Å². The molecule has 2 aromatic heterocycles. The molecule has 0 unspecified atom stereocenters.